The molecule has 6 nitrogen and oxygen atoms in total. The van der Waals surface area contributed by atoms with E-state index in [1.165, 1.54) is 6.42 Å². The van der Waals surface area contributed by atoms with Gasteiger partial charge in [-0.3, -0.25) is 4.90 Å². The highest BCUT2D eigenvalue weighted by molar-refractivity contribution is 7.08. The van der Waals surface area contributed by atoms with Gasteiger partial charge in [-0.1, -0.05) is 18.0 Å². The van der Waals surface area contributed by atoms with Crippen LogP contribution < -0.4 is 0 Å². The Hall–Kier alpha value is -1.28. The van der Waals surface area contributed by atoms with Crippen molar-refractivity contribution in [3.05, 3.63) is 22.7 Å². The molecule has 2 aromatic heterocycles. The van der Waals surface area contributed by atoms with E-state index in [0.717, 1.165) is 31.4 Å². The molecule has 2 fully saturated rings. The minimum atomic E-state index is -0.225. The number of ether oxygens (including phenoxy) is 1. The van der Waals surface area contributed by atoms with E-state index in [4.69, 9.17) is 9.26 Å². The number of aromatic nitrogens is 2. The summed E-state index contributed by atoms with van der Waals surface area (Å²) in [6.07, 6.45) is 4.05. The van der Waals surface area contributed by atoms with Crippen molar-refractivity contribution < 1.29 is 14.4 Å². The third kappa shape index (κ3) is 3.39. The molecule has 24 heavy (non-hydrogen) atoms. The summed E-state index contributed by atoms with van der Waals surface area (Å²) in [5.74, 6) is 1.56. The average Bonchev–Trinajstić information content (AvgIpc) is 3.27. The van der Waals surface area contributed by atoms with E-state index in [1.807, 2.05) is 16.8 Å². The zero-order valence-corrected chi connectivity index (χ0v) is 14.5. The van der Waals surface area contributed by atoms with Crippen LogP contribution in [0.1, 0.15) is 31.6 Å². The van der Waals surface area contributed by atoms with Gasteiger partial charge in [0.05, 0.1) is 25.9 Å². The summed E-state index contributed by atoms with van der Waals surface area (Å²) in [4.78, 5) is 6.87. The van der Waals surface area contributed by atoms with Crippen LogP contribution in [0, 0.1) is 5.92 Å². The summed E-state index contributed by atoms with van der Waals surface area (Å²) in [7, 11) is 0. The highest BCUT2D eigenvalue weighted by atomic mass is 32.1. The van der Waals surface area contributed by atoms with Gasteiger partial charge in [0.15, 0.2) is 0 Å². The van der Waals surface area contributed by atoms with Crippen molar-refractivity contribution in [2.45, 2.75) is 44.4 Å². The van der Waals surface area contributed by atoms with Gasteiger partial charge in [0, 0.05) is 29.4 Å². The molecule has 2 aliphatic rings. The highest BCUT2D eigenvalue weighted by Gasteiger charge is 2.36. The van der Waals surface area contributed by atoms with Crippen molar-refractivity contribution in [1.82, 2.24) is 15.0 Å². The van der Waals surface area contributed by atoms with Gasteiger partial charge in [-0.2, -0.15) is 16.3 Å². The van der Waals surface area contributed by atoms with E-state index in [0.29, 0.717) is 31.5 Å². The summed E-state index contributed by atoms with van der Waals surface area (Å²) in [5, 5.41) is 18.5. The normalized spacial score (nSPS) is 29.0. The van der Waals surface area contributed by atoms with Crippen LogP contribution in [0.25, 0.3) is 11.4 Å². The Morgan fingerprint density at radius 3 is 3.08 bits per heavy atom. The molecule has 4 rings (SSSR count). The number of morpholine rings is 1. The maximum absolute atomic E-state index is 10.4. The van der Waals surface area contributed by atoms with Gasteiger partial charge < -0.3 is 14.4 Å². The van der Waals surface area contributed by atoms with Crippen molar-refractivity contribution in [2.24, 2.45) is 5.92 Å². The fourth-order valence-corrected chi connectivity index (χ4v) is 4.47. The van der Waals surface area contributed by atoms with Gasteiger partial charge in [0.2, 0.25) is 11.7 Å². The molecule has 0 aromatic carbocycles. The first-order valence-electron chi connectivity index (χ1n) is 8.66. The summed E-state index contributed by atoms with van der Waals surface area (Å²) >= 11 is 1.62. The Kier molecular flexibility index (Phi) is 4.93. The second-order valence-electron chi connectivity index (χ2n) is 6.65. The molecule has 1 saturated heterocycles. The molecule has 1 aliphatic carbocycles. The summed E-state index contributed by atoms with van der Waals surface area (Å²) < 4.78 is 11.1. The molecule has 1 saturated carbocycles. The number of thiophene rings is 1. The first-order chi connectivity index (χ1) is 11.8. The van der Waals surface area contributed by atoms with Crippen LogP contribution >= 0.6 is 11.3 Å². The standard InChI is InChI=1S/C17H23N3O3S/c21-15-4-2-1-3-13(15)14-10-22-7-6-20(14)9-16-18-17(19-23-16)12-5-8-24-11-12/h5,8,11,13-15,21H,1-4,6-7,9-10H2. The fraction of sp³-hybridized carbons (Fsp3) is 0.647. The molecule has 0 amide bonds. The van der Waals surface area contributed by atoms with Gasteiger partial charge in [0.1, 0.15) is 0 Å². The number of aliphatic hydroxyl groups is 1. The van der Waals surface area contributed by atoms with Crippen molar-refractivity contribution in [2.75, 3.05) is 19.8 Å². The minimum Gasteiger partial charge on any atom is -0.393 e. The van der Waals surface area contributed by atoms with Crippen LogP contribution in [0.3, 0.4) is 0 Å². The fourth-order valence-electron chi connectivity index (χ4n) is 3.84. The Morgan fingerprint density at radius 1 is 1.33 bits per heavy atom. The number of aliphatic hydroxyl groups excluding tert-OH is 1. The molecular weight excluding hydrogens is 326 g/mol. The Balaban J connectivity index is 1.47. The van der Waals surface area contributed by atoms with E-state index in [1.54, 1.807) is 11.3 Å². The van der Waals surface area contributed by atoms with Crippen LogP contribution in [0.15, 0.2) is 21.3 Å². The van der Waals surface area contributed by atoms with Gasteiger partial charge in [0.25, 0.3) is 0 Å². The lowest BCUT2D eigenvalue weighted by atomic mass is 9.80. The van der Waals surface area contributed by atoms with Crippen molar-refractivity contribution in [3.63, 3.8) is 0 Å². The lowest BCUT2D eigenvalue weighted by molar-refractivity contribution is -0.0740. The maximum atomic E-state index is 10.4. The number of nitrogens with zero attached hydrogens (tertiary/aromatic N) is 3. The molecule has 0 bridgehead atoms. The lowest BCUT2D eigenvalue weighted by Gasteiger charge is -2.42. The molecule has 7 heteroatoms. The molecule has 1 N–H and O–H groups in total. The van der Waals surface area contributed by atoms with Crippen LogP contribution in [-0.4, -0.2) is 52.1 Å². The SMILES string of the molecule is OC1CCCCC1C1COCCN1Cc1nc(-c2ccsc2)no1. The summed E-state index contributed by atoms with van der Waals surface area (Å²) in [6.45, 7) is 2.84. The van der Waals surface area contributed by atoms with E-state index in [-0.39, 0.29) is 18.1 Å². The maximum Gasteiger partial charge on any atom is 0.241 e. The van der Waals surface area contributed by atoms with Crippen molar-refractivity contribution in [3.8, 4) is 11.4 Å². The molecule has 3 unspecified atom stereocenters. The van der Waals surface area contributed by atoms with Crippen molar-refractivity contribution >= 4 is 11.3 Å². The predicted octanol–water partition coefficient (Wildman–Crippen LogP) is 2.55. The molecule has 2 aromatic rings. The molecule has 0 spiro atoms. The largest absolute Gasteiger partial charge is 0.393 e. The van der Waals surface area contributed by atoms with Crippen LogP contribution in [0.4, 0.5) is 0 Å². The van der Waals surface area contributed by atoms with E-state index < -0.39 is 0 Å². The van der Waals surface area contributed by atoms with Gasteiger partial charge in [-0.05, 0) is 24.3 Å². The first kappa shape index (κ1) is 16.2. The average molecular weight is 349 g/mol. The number of rotatable bonds is 4. The summed E-state index contributed by atoms with van der Waals surface area (Å²) in [5.41, 5.74) is 0.997. The van der Waals surface area contributed by atoms with Crippen LogP contribution in [0.2, 0.25) is 0 Å². The molecule has 1 aliphatic heterocycles. The van der Waals surface area contributed by atoms with E-state index in [9.17, 15) is 5.11 Å². The van der Waals surface area contributed by atoms with E-state index in [2.05, 4.69) is 15.0 Å². The molecular formula is C17H23N3O3S. The zero-order chi connectivity index (χ0) is 16.4. The Labute approximate surface area is 145 Å². The van der Waals surface area contributed by atoms with Crippen LogP contribution in [0.5, 0.6) is 0 Å². The molecule has 130 valence electrons. The Bertz CT molecular complexity index is 645. The molecule has 3 heterocycles. The monoisotopic (exact) mass is 349 g/mol. The third-order valence-corrected chi connectivity index (χ3v) is 5.83. The van der Waals surface area contributed by atoms with Gasteiger partial charge in [-0.15, -0.1) is 0 Å². The molecule has 0 radical (unpaired) electrons. The topological polar surface area (TPSA) is 71.6 Å². The smallest absolute Gasteiger partial charge is 0.241 e. The van der Waals surface area contributed by atoms with Gasteiger partial charge in [-0.25, -0.2) is 0 Å². The Morgan fingerprint density at radius 2 is 2.25 bits per heavy atom. The first-order valence-corrected chi connectivity index (χ1v) is 9.60. The third-order valence-electron chi connectivity index (χ3n) is 5.14. The second-order valence-corrected chi connectivity index (χ2v) is 7.43. The van der Waals surface area contributed by atoms with Crippen LogP contribution in [-0.2, 0) is 11.3 Å². The number of hydrogen-bond acceptors (Lipinski definition) is 7. The minimum absolute atomic E-state index is 0.225. The summed E-state index contributed by atoms with van der Waals surface area (Å²) in [6, 6.07) is 2.22. The van der Waals surface area contributed by atoms with Crippen molar-refractivity contribution in [1.29, 1.82) is 0 Å². The zero-order valence-electron chi connectivity index (χ0n) is 13.6. The second kappa shape index (κ2) is 7.31. The lowest BCUT2D eigenvalue weighted by Crippen LogP contribution is -2.52. The number of hydrogen-bond donors (Lipinski definition) is 1. The quantitative estimate of drug-likeness (QED) is 0.915. The molecule has 3 atom stereocenters. The highest BCUT2D eigenvalue weighted by Crippen LogP contribution is 2.31. The van der Waals surface area contributed by atoms with Gasteiger partial charge >= 0.3 is 0 Å². The predicted molar refractivity (Wildman–Crippen MR) is 90.6 cm³/mol. The van der Waals surface area contributed by atoms with E-state index >= 15 is 0 Å².